The molecule has 1 unspecified atom stereocenters. The molecule has 1 aromatic carbocycles. The van der Waals surface area contributed by atoms with Crippen LogP contribution in [0.3, 0.4) is 0 Å². The van der Waals surface area contributed by atoms with E-state index in [1.54, 1.807) is 19.2 Å². The molecule has 0 aliphatic rings. The number of amides is 1. The van der Waals surface area contributed by atoms with Crippen LogP contribution in [0, 0.1) is 0 Å². The number of hydrogen-bond donors (Lipinski definition) is 1. The van der Waals surface area contributed by atoms with E-state index in [0.29, 0.717) is 5.02 Å². The Bertz CT molecular complexity index is 323. The zero-order valence-corrected chi connectivity index (χ0v) is 8.82. The average molecular weight is 214 g/mol. The number of hydrogen-bond acceptors (Lipinski definition) is 1. The number of benzene rings is 1. The topological polar surface area (TPSA) is 40.5 Å². The Morgan fingerprint density at radius 2 is 1.93 bits per heavy atom. The van der Waals surface area contributed by atoms with Gasteiger partial charge < -0.3 is 10.0 Å². The number of carbonyl (C=O) groups is 1. The second-order valence-corrected chi connectivity index (χ2v) is 3.56. The normalized spacial score (nSPS) is 12.2. The second kappa shape index (κ2) is 4.33. The summed E-state index contributed by atoms with van der Waals surface area (Å²) in [5, 5.41) is 9.42. The lowest BCUT2D eigenvalue weighted by Crippen LogP contribution is -2.27. The highest BCUT2D eigenvalue weighted by molar-refractivity contribution is 6.30. The maximum atomic E-state index is 10.7. The van der Waals surface area contributed by atoms with Gasteiger partial charge in [0.05, 0.1) is 6.04 Å². The van der Waals surface area contributed by atoms with Gasteiger partial charge in [-0.15, -0.1) is 0 Å². The Kier molecular flexibility index (Phi) is 3.36. The standard InChI is InChI=1S/C10H12ClNO2/c1-7(12(2)10(13)14)8-3-5-9(11)6-4-8/h3-7H,1-2H3,(H,13,14). The lowest BCUT2D eigenvalue weighted by Gasteiger charge is -2.22. The molecule has 0 aliphatic heterocycles. The van der Waals surface area contributed by atoms with E-state index < -0.39 is 6.09 Å². The van der Waals surface area contributed by atoms with Gasteiger partial charge in [0.25, 0.3) is 0 Å². The molecule has 1 rings (SSSR count). The van der Waals surface area contributed by atoms with Gasteiger partial charge in [0, 0.05) is 12.1 Å². The van der Waals surface area contributed by atoms with Crippen LogP contribution in [-0.2, 0) is 0 Å². The average Bonchev–Trinajstić information content (AvgIpc) is 2.16. The van der Waals surface area contributed by atoms with Gasteiger partial charge in [0.15, 0.2) is 0 Å². The first-order valence-electron chi connectivity index (χ1n) is 4.23. The summed E-state index contributed by atoms with van der Waals surface area (Å²) in [6, 6.07) is 7.00. The Hall–Kier alpha value is -1.22. The first kappa shape index (κ1) is 10.9. The molecule has 0 fully saturated rings. The van der Waals surface area contributed by atoms with Crippen LogP contribution in [0.5, 0.6) is 0 Å². The Morgan fingerprint density at radius 1 is 1.43 bits per heavy atom. The summed E-state index contributed by atoms with van der Waals surface area (Å²) in [7, 11) is 1.54. The van der Waals surface area contributed by atoms with Crippen LogP contribution >= 0.6 is 11.6 Å². The van der Waals surface area contributed by atoms with E-state index in [-0.39, 0.29) is 6.04 Å². The number of nitrogens with zero attached hydrogens (tertiary/aromatic N) is 1. The summed E-state index contributed by atoms with van der Waals surface area (Å²) >= 11 is 5.73. The molecular weight excluding hydrogens is 202 g/mol. The van der Waals surface area contributed by atoms with Crippen molar-refractivity contribution in [3.05, 3.63) is 34.9 Å². The lowest BCUT2D eigenvalue weighted by molar-refractivity contribution is 0.142. The van der Waals surface area contributed by atoms with Crippen LogP contribution in [0.25, 0.3) is 0 Å². The molecule has 0 heterocycles. The van der Waals surface area contributed by atoms with Gasteiger partial charge >= 0.3 is 6.09 Å². The summed E-state index contributed by atoms with van der Waals surface area (Å²) in [5.41, 5.74) is 0.930. The predicted molar refractivity (Wildman–Crippen MR) is 55.7 cm³/mol. The molecule has 1 N–H and O–H groups in total. The van der Waals surface area contributed by atoms with Crippen molar-refractivity contribution in [1.29, 1.82) is 0 Å². The van der Waals surface area contributed by atoms with Crippen molar-refractivity contribution in [1.82, 2.24) is 4.90 Å². The fourth-order valence-electron chi connectivity index (χ4n) is 1.13. The number of halogens is 1. The van der Waals surface area contributed by atoms with Crippen LogP contribution in [0.4, 0.5) is 4.79 Å². The molecule has 3 nitrogen and oxygen atoms in total. The van der Waals surface area contributed by atoms with Crippen molar-refractivity contribution in [2.24, 2.45) is 0 Å². The van der Waals surface area contributed by atoms with Gasteiger partial charge in [0.1, 0.15) is 0 Å². The Labute approximate surface area is 87.9 Å². The van der Waals surface area contributed by atoms with Crippen LogP contribution in [0.1, 0.15) is 18.5 Å². The molecule has 0 spiro atoms. The van der Waals surface area contributed by atoms with E-state index in [9.17, 15) is 4.79 Å². The third-order valence-electron chi connectivity index (χ3n) is 2.24. The van der Waals surface area contributed by atoms with E-state index in [0.717, 1.165) is 5.56 Å². The zero-order chi connectivity index (χ0) is 10.7. The van der Waals surface area contributed by atoms with Crippen LogP contribution in [0.15, 0.2) is 24.3 Å². The highest BCUT2D eigenvalue weighted by atomic mass is 35.5. The summed E-state index contributed by atoms with van der Waals surface area (Å²) in [4.78, 5) is 11.9. The number of carboxylic acid groups (broad SMARTS) is 1. The molecule has 0 aromatic heterocycles. The minimum atomic E-state index is -0.938. The van der Waals surface area contributed by atoms with Gasteiger partial charge in [-0.2, -0.15) is 0 Å². The highest BCUT2D eigenvalue weighted by Gasteiger charge is 2.15. The quantitative estimate of drug-likeness (QED) is 0.821. The van der Waals surface area contributed by atoms with Crippen molar-refractivity contribution in [2.75, 3.05) is 7.05 Å². The van der Waals surface area contributed by atoms with Crippen molar-refractivity contribution >= 4 is 17.7 Å². The van der Waals surface area contributed by atoms with E-state index >= 15 is 0 Å². The summed E-state index contributed by atoms with van der Waals surface area (Å²) < 4.78 is 0. The molecule has 0 bridgehead atoms. The van der Waals surface area contributed by atoms with Crippen molar-refractivity contribution in [3.63, 3.8) is 0 Å². The summed E-state index contributed by atoms with van der Waals surface area (Å²) in [5.74, 6) is 0. The largest absolute Gasteiger partial charge is 0.465 e. The van der Waals surface area contributed by atoms with E-state index in [2.05, 4.69) is 0 Å². The molecule has 4 heteroatoms. The van der Waals surface area contributed by atoms with Crippen molar-refractivity contribution in [3.8, 4) is 0 Å². The minimum absolute atomic E-state index is 0.162. The van der Waals surface area contributed by atoms with Crippen LogP contribution in [-0.4, -0.2) is 23.1 Å². The maximum absolute atomic E-state index is 10.7. The summed E-state index contributed by atoms with van der Waals surface area (Å²) in [6.07, 6.45) is -0.938. The molecule has 0 aliphatic carbocycles. The lowest BCUT2D eigenvalue weighted by atomic mass is 10.1. The Balaban J connectivity index is 2.84. The van der Waals surface area contributed by atoms with Crippen LogP contribution in [0.2, 0.25) is 5.02 Å². The molecule has 0 saturated carbocycles. The first-order valence-corrected chi connectivity index (χ1v) is 4.61. The Morgan fingerprint density at radius 3 is 2.36 bits per heavy atom. The van der Waals surface area contributed by atoms with E-state index in [1.165, 1.54) is 4.90 Å². The van der Waals surface area contributed by atoms with Gasteiger partial charge in [-0.3, -0.25) is 0 Å². The van der Waals surface area contributed by atoms with Gasteiger partial charge in [-0.25, -0.2) is 4.79 Å². The summed E-state index contributed by atoms with van der Waals surface area (Å²) in [6.45, 7) is 1.83. The fourth-order valence-corrected chi connectivity index (χ4v) is 1.26. The molecule has 1 amide bonds. The van der Waals surface area contributed by atoms with E-state index in [4.69, 9.17) is 16.7 Å². The first-order chi connectivity index (χ1) is 6.52. The zero-order valence-electron chi connectivity index (χ0n) is 8.07. The number of rotatable bonds is 2. The molecular formula is C10H12ClNO2. The minimum Gasteiger partial charge on any atom is -0.465 e. The van der Waals surface area contributed by atoms with Gasteiger partial charge in [-0.05, 0) is 24.6 Å². The SMILES string of the molecule is CC(c1ccc(Cl)cc1)N(C)C(=O)O. The smallest absolute Gasteiger partial charge is 0.407 e. The molecule has 76 valence electrons. The highest BCUT2D eigenvalue weighted by Crippen LogP contribution is 2.20. The van der Waals surface area contributed by atoms with E-state index in [1.807, 2.05) is 19.1 Å². The second-order valence-electron chi connectivity index (χ2n) is 3.12. The predicted octanol–water partition coefficient (Wildman–Crippen LogP) is 3.01. The molecule has 0 saturated heterocycles. The fraction of sp³-hybridized carbons (Fsp3) is 0.300. The molecule has 0 radical (unpaired) electrons. The van der Waals surface area contributed by atoms with Gasteiger partial charge in [-0.1, -0.05) is 23.7 Å². The van der Waals surface area contributed by atoms with Crippen molar-refractivity contribution in [2.45, 2.75) is 13.0 Å². The molecule has 14 heavy (non-hydrogen) atoms. The third-order valence-corrected chi connectivity index (χ3v) is 2.49. The van der Waals surface area contributed by atoms with Crippen molar-refractivity contribution < 1.29 is 9.90 Å². The van der Waals surface area contributed by atoms with Gasteiger partial charge in [0.2, 0.25) is 0 Å². The monoisotopic (exact) mass is 213 g/mol. The molecule has 1 atom stereocenters. The van der Waals surface area contributed by atoms with Crippen LogP contribution < -0.4 is 0 Å². The third kappa shape index (κ3) is 2.39. The maximum Gasteiger partial charge on any atom is 0.407 e. The molecule has 1 aromatic rings.